The first-order chi connectivity index (χ1) is 9.25. The molecule has 0 aliphatic heterocycles. The predicted octanol–water partition coefficient (Wildman–Crippen LogP) is 2.95. The van der Waals surface area contributed by atoms with E-state index in [1.54, 1.807) is 16.9 Å². The number of benzene rings is 2. The minimum absolute atomic E-state index is 0.0256. The summed E-state index contributed by atoms with van der Waals surface area (Å²) in [5.41, 5.74) is 2.30. The lowest BCUT2D eigenvalue weighted by atomic mass is 10.1. The molecule has 0 fully saturated rings. The van der Waals surface area contributed by atoms with Crippen LogP contribution < -0.4 is 0 Å². The summed E-state index contributed by atoms with van der Waals surface area (Å²) in [7, 11) is 0. The summed E-state index contributed by atoms with van der Waals surface area (Å²) in [5, 5.41) is 23.5. The van der Waals surface area contributed by atoms with Gasteiger partial charge in [-0.2, -0.15) is 5.10 Å². The molecule has 2 aromatic carbocycles. The summed E-state index contributed by atoms with van der Waals surface area (Å²) in [6.07, 6.45) is 1.68. The van der Waals surface area contributed by atoms with Crippen molar-refractivity contribution in [3.8, 4) is 28.4 Å². The Morgan fingerprint density at radius 3 is 2.42 bits per heavy atom. The molecular weight excluding hydrogens is 240 g/mol. The average Bonchev–Trinajstić information content (AvgIpc) is 2.89. The van der Waals surface area contributed by atoms with Crippen molar-refractivity contribution in [1.82, 2.24) is 9.78 Å². The molecule has 0 aliphatic carbocycles. The molecule has 1 aromatic heterocycles. The summed E-state index contributed by atoms with van der Waals surface area (Å²) >= 11 is 0. The van der Waals surface area contributed by atoms with Crippen LogP contribution >= 0.6 is 0 Å². The lowest BCUT2D eigenvalue weighted by molar-refractivity contribution is 0.451. The third-order valence-corrected chi connectivity index (χ3v) is 2.90. The van der Waals surface area contributed by atoms with Crippen molar-refractivity contribution in [2.75, 3.05) is 0 Å². The Morgan fingerprint density at radius 2 is 1.68 bits per heavy atom. The van der Waals surface area contributed by atoms with E-state index in [9.17, 15) is 10.2 Å². The zero-order valence-electron chi connectivity index (χ0n) is 10.1. The van der Waals surface area contributed by atoms with Gasteiger partial charge in [-0.1, -0.05) is 18.2 Å². The highest BCUT2D eigenvalue weighted by Crippen LogP contribution is 2.32. The Balaban J connectivity index is 2.15. The van der Waals surface area contributed by atoms with Crippen LogP contribution in [0.2, 0.25) is 0 Å². The molecule has 0 atom stereocenters. The fraction of sp³-hybridized carbons (Fsp3) is 0. The van der Waals surface area contributed by atoms with Crippen molar-refractivity contribution < 1.29 is 10.2 Å². The molecule has 0 unspecified atom stereocenters. The van der Waals surface area contributed by atoms with E-state index < -0.39 is 0 Å². The van der Waals surface area contributed by atoms with E-state index >= 15 is 0 Å². The van der Waals surface area contributed by atoms with Gasteiger partial charge < -0.3 is 10.2 Å². The summed E-state index contributed by atoms with van der Waals surface area (Å²) in [6.45, 7) is 0. The molecule has 1 heterocycles. The van der Waals surface area contributed by atoms with Crippen LogP contribution in [0.15, 0.2) is 60.8 Å². The van der Waals surface area contributed by atoms with Crippen LogP contribution in [-0.4, -0.2) is 20.0 Å². The molecule has 0 spiro atoms. The molecule has 2 N–H and O–H groups in total. The number of aromatic nitrogens is 2. The molecule has 19 heavy (non-hydrogen) atoms. The molecule has 94 valence electrons. The zero-order chi connectivity index (χ0) is 13.2. The van der Waals surface area contributed by atoms with Crippen molar-refractivity contribution in [2.45, 2.75) is 0 Å². The normalized spacial score (nSPS) is 10.5. The Morgan fingerprint density at radius 1 is 0.895 bits per heavy atom. The monoisotopic (exact) mass is 252 g/mol. The SMILES string of the molecule is Oc1ccc(-c2ccnn2-c2ccccc2)c(O)c1. The molecule has 3 aromatic rings. The van der Waals surface area contributed by atoms with Gasteiger partial charge in [-0.15, -0.1) is 0 Å². The molecule has 0 saturated carbocycles. The third kappa shape index (κ3) is 2.04. The third-order valence-electron chi connectivity index (χ3n) is 2.90. The van der Waals surface area contributed by atoms with Gasteiger partial charge in [0.15, 0.2) is 0 Å². The average molecular weight is 252 g/mol. The maximum atomic E-state index is 9.93. The number of phenols is 2. The van der Waals surface area contributed by atoms with Crippen molar-refractivity contribution in [1.29, 1.82) is 0 Å². The number of aromatic hydroxyl groups is 2. The zero-order valence-corrected chi connectivity index (χ0v) is 10.1. The molecule has 3 rings (SSSR count). The summed E-state index contributed by atoms with van der Waals surface area (Å²) in [5.74, 6) is 0.0599. The number of hydrogen-bond donors (Lipinski definition) is 2. The lowest BCUT2D eigenvalue weighted by Gasteiger charge is -2.09. The van der Waals surface area contributed by atoms with Gasteiger partial charge in [0.25, 0.3) is 0 Å². The van der Waals surface area contributed by atoms with Crippen molar-refractivity contribution in [3.05, 3.63) is 60.8 Å². The van der Waals surface area contributed by atoms with Crippen LogP contribution in [0.4, 0.5) is 0 Å². The highest BCUT2D eigenvalue weighted by Gasteiger charge is 2.11. The van der Waals surface area contributed by atoms with Crippen LogP contribution in [0.25, 0.3) is 16.9 Å². The van der Waals surface area contributed by atoms with Crippen LogP contribution in [0.3, 0.4) is 0 Å². The second-order valence-electron chi connectivity index (χ2n) is 4.17. The van der Waals surface area contributed by atoms with E-state index in [-0.39, 0.29) is 11.5 Å². The first-order valence-corrected chi connectivity index (χ1v) is 5.87. The predicted molar refractivity (Wildman–Crippen MR) is 72.3 cm³/mol. The van der Waals surface area contributed by atoms with Gasteiger partial charge in [0, 0.05) is 11.6 Å². The van der Waals surface area contributed by atoms with Gasteiger partial charge in [0.2, 0.25) is 0 Å². The largest absolute Gasteiger partial charge is 0.508 e. The molecule has 0 aliphatic rings. The van der Waals surface area contributed by atoms with Gasteiger partial charge in [-0.3, -0.25) is 0 Å². The topological polar surface area (TPSA) is 58.3 Å². The second-order valence-corrected chi connectivity index (χ2v) is 4.17. The summed E-state index contributed by atoms with van der Waals surface area (Å²) < 4.78 is 1.74. The van der Waals surface area contributed by atoms with Gasteiger partial charge in [-0.05, 0) is 30.3 Å². The Hall–Kier alpha value is -2.75. The van der Waals surface area contributed by atoms with E-state index in [1.807, 2.05) is 36.4 Å². The second kappa shape index (κ2) is 4.49. The molecule has 0 radical (unpaired) electrons. The first-order valence-electron chi connectivity index (χ1n) is 5.87. The molecule has 0 amide bonds. The van der Waals surface area contributed by atoms with Crippen LogP contribution in [-0.2, 0) is 0 Å². The Labute approximate surface area is 110 Å². The van der Waals surface area contributed by atoms with Gasteiger partial charge >= 0.3 is 0 Å². The van der Waals surface area contributed by atoms with E-state index in [4.69, 9.17) is 0 Å². The maximum absolute atomic E-state index is 9.93. The van der Waals surface area contributed by atoms with E-state index in [0.717, 1.165) is 11.4 Å². The fourth-order valence-corrected chi connectivity index (χ4v) is 2.02. The quantitative estimate of drug-likeness (QED) is 0.737. The van der Waals surface area contributed by atoms with Crippen LogP contribution in [0, 0.1) is 0 Å². The van der Waals surface area contributed by atoms with E-state index in [1.165, 1.54) is 12.1 Å². The van der Waals surface area contributed by atoms with E-state index in [2.05, 4.69) is 5.10 Å². The Kier molecular flexibility index (Phi) is 2.68. The minimum Gasteiger partial charge on any atom is -0.508 e. The first kappa shape index (κ1) is 11.3. The number of nitrogens with zero attached hydrogens (tertiary/aromatic N) is 2. The van der Waals surface area contributed by atoms with Crippen molar-refractivity contribution in [2.24, 2.45) is 0 Å². The minimum atomic E-state index is 0.0256. The molecule has 0 bridgehead atoms. The Bertz CT molecular complexity index is 705. The van der Waals surface area contributed by atoms with E-state index in [0.29, 0.717) is 5.56 Å². The van der Waals surface area contributed by atoms with Crippen molar-refractivity contribution >= 4 is 0 Å². The standard InChI is InChI=1S/C15H12N2O2/c18-12-6-7-13(15(19)10-12)14-8-9-16-17(14)11-4-2-1-3-5-11/h1-10,18-19H. The number of hydrogen-bond acceptors (Lipinski definition) is 3. The highest BCUT2D eigenvalue weighted by atomic mass is 16.3. The lowest BCUT2D eigenvalue weighted by Crippen LogP contribution is -1.98. The summed E-state index contributed by atoms with van der Waals surface area (Å²) in [6, 6.07) is 16.0. The van der Waals surface area contributed by atoms with Gasteiger partial charge in [-0.25, -0.2) is 4.68 Å². The molecule has 4 nitrogen and oxygen atoms in total. The van der Waals surface area contributed by atoms with Gasteiger partial charge in [0.05, 0.1) is 17.6 Å². The van der Waals surface area contributed by atoms with Crippen molar-refractivity contribution in [3.63, 3.8) is 0 Å². The summed E-state index contributed by atoms with van der Waals surface area (Å²) in [4.78, 5) is 0. The fourth-order valence-electron chi connectivity index (χ4n) is 2.02. The highest BCUT2D eigenvalue weighted by molar-refractivity contribution is 5.69. The number of para-hydroxylation sites is 1. The number of rotatable bonds is 2. The molecular formula is C15H12N2O2. The van der Waals surface area contributed by atoms with Crippen LogP contribution in [0.1, 0.15) is 0 Å². The molecule has 4 heteroatoms. The maximum Gasteiger partial charge on any atom is 0.128 e. The van der Waals surface area contributed by atoms with Crippen LogP contribution in [0.5, 0.6) is 11.5 Å². The number of phenolic OH excluding ortho intramolecular Hbond substituents is 2. The molecule has 0 saturated heterocycles. The van der Waals surface area contributed by atoms with Gasteiger partial charge in [0.1, 0.15) is 11.5 Å². The smallest absolute Gasteiger partial charge is 0.128 e.